The topological polar surface area (TPSA) is 23.8 Å². The second kappa shape index (κ2) is 3.70. The van der Waals surface area contributed by atoms with Gasteiger partial charge in [-0.1, -0.05) is 13.8 Å². The molecule has 0 aromatic rings. The van der Waals surface area contributed by atoms with Gasteiger partial charge in [-0.3, -0.25) is 0 Å². The lowest BCUT2D eigenvalue weighted by Crippen LogP contribution is -2.15. The van der Waals surface area contributed by atoms with Crippen molar-refractivity contribution in [3.63, 3.8) is 0 Å². The van der Waals surface area contributed by atoms with Crippen LogP contribution in [0, 0.1) is 17.2 Å². The lowest BCUT2D eigenvalue weighted by molar-refractivity contribution is 0.547. The maximum Gasteiger partial charge on any atom is 0.0636 e. The highest BCUT2D eigenvalue weighted by molar-refractivity contribution is 8.01. The molecule has 2 heteroatoms. The van der Waals surface area contributed by atoms with E-state index in [4.69, 9.17) is 5.26 Å². The first kappa shape index (κ1) is 9.92. The summed E-state index contributed by atoms with van der Waals surface area (Å²) in [6.45, 7) is 6.77. The number of nitriles is 1. The van der Waals surface area contributed by atoms with Gasteiger partial charge in [-0.25, -0.2) is 0 Å². The van der Waals surface area contributed by atoms with Gasteiger partial charge in [-0.05, 0) is 25.7 Å². The van der Waals surface area contributed by atoms with Gasteiger partial charge in [0.15, 0.2) is 0 Å². The molecule has 0 bridgehead atoms. The van der Waals surface area contributed by atoms with Crippen molar-refractivity contribution in [2.45, 2.75) is 50.0 Å². The molecular weight excluding hydrogens is 166 g/mol. The molecule has 1 heterocycles. The van der Waals surface area contributed by atoms with E-state index >= 15 is 0 Å². The lowest BCUT2D eigenvalue weighted by atomic mass is 9.98. The van der Waals surface area contributed by atoms with Crippen LogP contribution in [-0.4, -0.2) is 10.00 Å². The molecule has 0 radical (unpaired) electrons. The Morgan fingerprint density at radius 1 is 1.67 bits per heavy atom. The number of rotatable bonds is 2. The van der Waals surface area contributed by atoms with Crippen molar-refractivity contribution in [3.05, 3.63) is 0 Å². The minimum absolute atomic E-state index is 0.254. The van der Waals surface area contributed by atoms with E-state index in [0.717, 1.165) is 11.2 Å². The van der Waals surface area contributed by atoms with Gasteiger partial charge in [-0.2, -0.15) is 17.0 Å². The third-order valence-corrected chi connectivity index (χ3v) is 4.59. The number of thioether (sulfide) groups is 1. The quantitative estimate of drug-likeness (QED) is 0.656. The molecule has 0 amide bonds. The fourth-order valence-corrected chi connectivity index (χ4v) is 3.32. The van der Waals surface area contributed by atoms with E-state index in [0.29, 0.717) is 6.42 Å². The number of hydrogen-bond acceptors (Lipinski definition) is 2. The van der Waals surface area contributed by atoms with Crippen LogP contribution in [0.5, 0.6) is 0 Å². The zero-order valence-electron chi connectivity index (χ0n) is 8.13. The SMILES string of the molecule is CC(C)C1CCC(C)(CC#N)S1. The highest BCUT2D eigenvalue weighted by Crippen LogP contribution is 2.47. The summed E-state index contributed by atoms with van der Waals surface area (Å²) >= 11 is 2.02. The van der Waals surface area contributed by atoms with E-state index in [-0.39, 0.29) is 4.75 Å². The van der Waals surface area contributed by atoms with Gasteiger partial charge in [0.05, 0.1) is 6.07 Å². The normalized spacial score (nSPS) is 35.4. The molecule has 1 aliphatic rings. The Morgan fingerprint density at radius 2 is 2.33 bits per heavy atom. The summed E-state index contributed by atoms with van der Waals surface area (Å²) in [6, 6.07) is 2.29. The van der Waals surface area contributed by atoms with E-state index in [9.17, 15) is 0 Å². The van der Waals surface area contributed by atoms with Crippen LogP contribution >= 0.6 is 11.8 Å². The molecule has 2 atom stereocenters. The molecule has 1 nitrogen and oxygen atoms in total. The maximum atomic E-state index is 8.65. The largest absolute Gasteiger partial charge is 0.198 e. The van der Waals surface area contributed by atoms with Crippen LogP contribution in [0.1, 0.15) is 40.0 Å². The maximum absolute atomic E-state index is 8.65. The van der Waals surface area contributed by atoms with E-state index < -0.39 is 0 Å². The van der Waals surface area contributed by atoms with Gasteiger partial charge in [0.2, 0.25) is 0 Å². The van der Waals surface area contributed by atoms with Crippen LogP contribution < -0.4 is 0 Å². The zero-order chi connectivity index (χ0) is 9.19. The summed E-state index contributed by atoms with van der Waals surface area (Å²) in [5.41, 5.74) is 0. The third kappa shape index (κ3) is 2.17. The molecule has 12 heavy (non-hydrogen) atoms. The van der Waals surface area contributed by atoms with E-state index in [1.807, 2.05) is 11.8 Å². The van der Waals surface area contributed by atoms with Gasteiger partial charge in [0, 0.05) is 16.4 Å². The summed E-state index contributed by atoms with van der Waals surface area (Å²) in [5.74, 6) is 0.760. The van der Waals surface area contributed by atoms with Crippen molar-refractivity contribution in [2.24, 2.45) is 5.92 Å². The third-order valence-electron chi connectivity index (χ3n) is 2.59. The molecule has 1 saturated heterocycles. The van der Waals surface area contributed by atoms with Crippen molar-refractivity contribution >= 4 is 11.8 Å². The van der Waals surface area contributed by atoms with Crippen molar-refractivity contribution in [3.8, 4) is 6.07 Å². The van der Waals surface area contributed by atoms with E-state index in [1.165, 1.54) is 12.8 Å². The Morgan fingerprint density at radius 3 is 2.75 bits per heavy atom. The lowest BCUT2D eigenvalue weighted by Gasteiger charge is -2.21. The summed E-state index contributed by atoms with van der Waals surface area (Å²) in [4.78, 5) is 0. The average Bonchev–Trinajstić information content (AvgIpc) is 2.33. The predicted octanol–water partition coefficient (Wildman–Crippen LogP) is 3.21. The first-order chi connectivity index (χ1) is 5.57. The Kier molecular flexibility index (Phi) is 3.06. The van der Waals surface area contributed by atoms with Crippen LogP contribution in [0.4, 0.5) is 0 Å². The molecule has 0 saturated carbocycles. The molecule has 68 valence electrons. The average molecular weight is 183 g/mol. The van der Waals surface area contributed by atoms with Crippen molar-refractivity contribution in [2.75, 3.05) is 0 Å². The van der Waals surface area contributed by atoms with Gasteiger partial charge in [0.1, 0.15) is 0 Å². The fraction of sp³-hybridized carbons (Fsp3) is 0.900. The molecule has 1 aliphatic heterocycles. The minimum Gasteiger partial charge on any atom is -0.198 e. The summed E-state index contributed by atoms with van der Waals surface area (Å²) < 4.78 is 0.254. The predicted molar refractivity (Wildman–Crippen MR) is 54.1 cm³/mol. The molecule has 0 N–H and O–H groups in total. The molecule has 1 fully saturated rings. The second-order valence-corrected chi connectivity index (χ2v) is 6.05. The molecule has 0 aromatic heterocycles. The van der Waals surface area contributed by atoms with Crippen LogP contribution in [0.25, 0.3) is 0 Å². The second-order valence-electron chi connectivity index (χ2n) is 4.22. The van der Waals surface area contributed by atoms with Gasteiger partial charge >= 0.3 is 0 Å². The summed E-state index contributed by atoms with van der Waals surface area (Å²) in [7, 11) is 0. The van der Waals surface area contributed by atoms with Crippen molar-refractivity contribution in [1.82, 2.24) is 0 Å². The Bertz CT molecular complexity index is 195. The van der Waals surface area contributed by atoms with Crippen LogP contribution in [0.15, 0.2) is 0 Å². The van der Waals surface area contributed by atoms with E-state index in [1.54, 1.807) is 0 Å². The number of hydrogen-bond donors (Lipinski definition) is 0. The zero-order valence-corrected chi connectivity index (χ0v) is 8.95. The first-order valence-corrected chi connectivity index (χ1v) is 5.50. The van der Waals surface area contributed by atoms with Crippen LogP contribution in [0.3, 0.4) is 0 Å². The van der Waals surface area contributed by atoms with Gasteiger partial charge in [0.25, 0.3) is 0 Å². The molecule has 2 unspecified atom stereocenters. The fourth-order valence-electron chi connectivity index (χ4n) is 1.70. The molecule has 0 aromatic carbocycles. The summed E-state index contributed by atoms with van der Waals surface area (Å²) in [6.07, 6.45) is 3.22. The van der Waals surface area contributed by atoms with Crippen LogP contribution in [-0.2, 0) is 0 Å². The molecule has 0 aliphatic carbocycles. The van der Waals surface area contributed by atoms with Gasteiger partial charge in [-0.15, -0.1) is 0 Å². The standard InChI is InChI=1S/C10H17NS/c1-8(2)9-4-5-10(3,12-9)6-7-11/h8-9H,4-6H2,1-3H3. The Labute approximate surface area is 79.5 Å². The Hall–Kier alpha value is -0.160. The summed E-state index contributed by atoms with van der Waals surface area (Å²) in [5, 5.41) is 9.43. The monoisotopic (exact) mass is 183 g/mol. The molecular formula is C10H17NS. The number of nitrogens with zero attached hydrogens (tertiary/aromatic N) is 1. The van der Waals surface area contributed by atoms with Crippen molar-refractivity contribution in [1.29, 1.82) is 5.26 Å². The van der Waals surface area contributed by atoms with Gasteiger partial charge < -0.3 is 0 Å². The van der Waals surface area contributed by atoms with Crippen LogP contribution in [0.2, 0.25) is 0 Å². The van der Waals surface area contributed by atoms with Crippen molar-refractivity contribution < 1.29 is 0 Å². The minimum atomic E-state index is 0.254. The smallest absolute Gasteiger partial charge is 0.0636 e. The van der Waals surface area contributed by atoms with E-state index in [2.05, 4.69) is 26.8 Å². The Balaban J connectivity index is 2.50. The molecule has 0 spiro atoms. The molecule has 1 rings (SSSR count). The first-order valence-electron chi connectivity index (χ1n) is 4.62. The highest BCUT2D eigenvalue weighted by atomic mass is 32.2. The highest BCUT2D eigenvalue weighted by Gasteiger charge is 2.36.